The fourth-order valence-electron chi connectivity index (χ4n) is 4.63. The summed E-state index contributed by atoms with van der Waals surface area (Å²) in [6.07, 6.45) is 3.98. The number of ether oxygens (including phenoxy) is 2. The maximum atomic E-state index is 16.4. The van der Waals surface area contributed by atoms with E-state index in [1.54, 1.807) is 38.6 Å². The van der Waals surface area contributed by atoms with Crippen molar-refractivity contribution in [3.05, 3.63) is 82.8 Å². The van der Waals surface area contributed by atoms with Crippen LogP contribution in [0.15, 0.2) is 54.9 Å². The van der Waals surface area contributed by atoms with Gasteiger partial charge in [0, 0.05) is 66.2 Å². The van der Waals surface area contributed by atoms with Crippen molar-refractivity contribution < 1.29 is 13.9 Å². The Morgan fingerprint density at radius 3 is 2.24 bits per heavy atom. The molecular weight excluding hydrogens is 431 g/mol. The van der Waals surface area contributed by atoms with Crippen LogP contribution in [0.2, 0.25) is 0 Å². The lowest BCUT2D eigenvalue weighted by atomic mass is 10.0. The second kappa shape index (κ2) is 8.91. The number of halogens is 1. The first kappa shape index (κ1) is 22.1. The smallest absolute Gasteiger partial charge is 0.212 e. The topological polar surface area (TPSA) is 52.4 Å². The number of benzene rings is 1. The van der Waals surface area contributed by atoms with E-state index in [9.17, 15) is 0 Å². The van der Waals surface area contributed by atoms with Gasteiger partial charge in [0.2, 0.25) is 11.8 Å². The predicted molar refractivity (Wildman–Crippen MR) is 132 cm³/mol. The highest BCUT2D eigenvalue weighted by Gasteiger charge is 2.27. The van der Waals surface area contributed by atoms with Crippen molar-refractivity contribution in [2.75, 3.05) is 27.8 Å². The summed E-state index contributed by atoms with van der Waals surface area (Å²) >= 11 is 0. The maximum Gasteiger partial charge on any atom is 0.212 e. The molecule has 0 atom stereocenters. The Morgan fingerprint density at radius 2 is 1.62 bits per heavy atom. The summed E-state index contributed by atoms with van der Waals surface area (Å²) in [6.45, 7) is 3.81. The van der Waals surface area contributed by atoms with Gasteiger partial charge in [-0.25, -0.2) is 14.4 Å². The van der Waals surface area contributed by atoms with Crippen LogP contribution in [0, 0.1) is 6.92 Å². The number of fused-ring (bicyclic) bond motifs is 3. The molecule has 3 aromatic heterocycles. The molecule has 4 heterocycles. The zero-order chi connectivity index (χ0) is 23.8. The van der Waals surface area contributed by atoms with E-state index in [0.29, 0.717) is 28.6 Å². The van der Waals surface area contributed by atoms with Gasteiger partial charge in [0.25, 0.3) is 0 Å². The molecule has 0 saturated carbocycles. The van der Waals surface area contributed by atoms with Gasteiger partial charge in [0.05, 0.1) is 25.4 Å². The molecule has 0 radical (unpaired) electrons. The Bertz CT molecular complexity index is 1370. The molecule has 0 amide bonds. The third-order valence-electron chi connectivity index (χ3n) is 6.34. The molecule has 6 nitrogen and oxygen atoms in total. The Morgan fingerprint density at radius 1 is 0.941 bits per heavy atom. The average Bonchev–Trinajstić information content (AvgIpc) is 3.17. The summed E-state index contributed by atoms with van der Waals surface area (Å²) < 4.78 is 28.9. The summed E-state index contributed by atoms with van der Waals surface area (Å²) in [5.41, 5.74) is 6.01. The van der Waals surface area contributed by atoms with Crippen LogP contribution in [0.25, 0.3) is 22.4 Å². The van der Waals surface area contributed by atoms with Crippen LogP contribution in [0.1, 0.15) is 27.9 Å². The monoisotopic (exact) mass is 458 g/mol. The summed E-state index contributed by atoms with van der Waals surface area (Å²) in [4.78, 5) is 10.9. The van der Waals surface area contributed by atoms with Crippen molar-refractivity contribution in [2.45, 2.75) is 19.9 Å². The second-order valence-corrected chi connectivity index (χ2v) is 8.61. The molecule has 1 aliphatic heterocycles. The highest BCUT2D eigenvalue weighted by molar-refractivity contribution is 5.96. The molecule has 0 unspecified atom stereocenters. The minimum absolute atomic E-state index is 0.374. The van der Waals surface area contributed by atoms with Crippen molar-refractivity contribution >= 4 is 22.4 Å². The number of aromatic nitrogens is 3. The summed E-state index contributed by atoms with van der Waals surface area (Å²) in [7, 11) is 5.23. The summed E-state index contributed by atoms with van der Waals surface area (Å²) in [6, 6.07) is 13.3. The third-order valence-corrected chi connectivity index (χ3v) is 6.34. The first-order valence-electron chi connectivity index (χ1n) is 11.2. The zero-order valence-corrected chi connectivity index (χ0v) is 19.8. The molecule has 34 heavy (non-hydrogen) atoms. The van der Waals surface area contributed by atoms with Crippen LogP contribution >= 0.6 is 0 Å². The molecule has 0 fully saturated rings. The molecule has 0 aliphatic carbocycles. The molecule has 0 spiro atoms. The lowest BCUT2D eigenvalue weighted by molar-refractivity contribution is 0.311. The number of hydrogen-bond donors (Lipinski definition) is 0. The van der Waals surface area contributed by atoms with Gasteiger partial charge >= 0.3 is 0 Å². The lowest BCUT2D eigenvalue weighted by Gasteiger charge is -2.25. The van der Waals surface area contributed by atoms with E-state index in [4.69, 9.17) is 9.47 Å². The number of pyridine rings is 2. The number of aryl methyl sites for hydroxylation is 1. The molecule has 174 valence electrons. The van der Waals surface area contributed by atoms with Gasteiger partial charge in [-0.2, -0.15) is 0 Å². The Hall–Kier alpha value is -3.71. The van der Waals surface area contributed by atoms with E-state index in [1.807, 2.05) is 6.07 Å². The van der Waals surface area contributed by atoms with Crippen LogP contribution in [0.3, 0.4) is 0 Å². The average molecular weight is 459 g/mol. The van der Waals surface area contributed by atoms with Crippen LogP contribution in [0.4, 0.5) is 4.39 Å². The van der Waals surface area contributed by atoms with Crippen LogP contribution in [-0.2, 0) is 13.0 Å². The number of rotatable bonds is 5. The summed E-state index contributed by atoms with van der Waals surface area (Å²) in [5, 5.41) is 1.15. The minimum atomic E-state index is -0.374. The highest BCUT2D eigenvalue weighted by Crippen LogP contribution is 2.39. The molecule has 0 bridgehead atoms. The van der Waals surface area contributed by atoms with Gasteiger partial charge in [0.1, 0.15) is 0 Å². The van der Waals surface area contributed by atoms with Gasteiger partial charge in [-0.05, 0) is 43.8 Å². The minimum Gasteiger partial charge on any atom is -0.481 e. The van der Waals surface area contributed by atoms with Crippen molar-refractivity contribution in [1.29, 1.82) is 0 Å². The van der Waals surface area contributed by atoms with Crippen molar-refractivity contribution in [2.24, 2.45) is 0 Å². The number of hydrogen-bond acceptors (Lipinski definition) is 5. The standard InChI is InChI=1S/C27H27FN4O2/c1-17-5-8-22-20(13-17)21-16-31(2)12-11-23(21)32(22)27(19-7-10-25(34-4)30-15-19)26(28)18-6-9-24(33-3)29-14-18/h5-10,13-15H,11-12,16H2,1-4H3/b27-26+. The molecule has 1 aromatic carbocycles. The molecule has 4 aromatic rings. The third kappa shape index (κ3) is 3.82. The van der Waals surface area contributed by atoms with Gasteiger partial charge in [-0.1, -0.05) is 11.6 Å². The normalized spacial score (nSPS) is 14.6. The highest BCUT2D eigenvalue weighted by atomic mass is 19.1. The van der Waals surface area contributed by atoms with E-state index in [1.165, 1.54) is 17.3 Å². The van der Waals surface area contributed by atoms with Crippen molar-refractivity contribution in [3.63, 3.8) is 0 Å². The van der Waals surface area contributed by atoms with E-state index in [2.05, 4.69) is 51.6 Å². The first-order chi connectivity index (χ1) is 16.5. The van der Waals surface area contributed by atoms with Gasteiger partial charge in [-0.3, -0.25) is 0 Å². The lowest BCUT2D eigenvalue weighted by Crippen LogP contribution is -2.27. The molecular formula is C27H27FN4O2. The molecule has 1 aliphatic rings. The van der Waals surface area contributed by atoms with Crippen LogP contribution in [0.5, 0.6) is 11.8 Å². The predicted octanol–water partition coefficient (Wildman–Crippen LogP) is 5.09. The molecule has 7 heteroatoms. The largest absolute Gasteiger partial charge is 0.481 e. The van der Waals surface area contributed by atoms with Crippen molar-refractivity contribution in [1.82, 2.24) is 19.4 Å². The SMILES string of the molecule is COc1ccc(/C(F)=C(/c2ccc(OC)nc2)n2c3c(c4cc(C)ccc42)CN(C)CC3)cn1. The van der Waals surface area contributed by atoms with E-state index in [-0.39, 0.29) is 5.83 Å². The number of methoxy groups -OCH3 is 2. The fourth-order valence-corrected chi connectivity index (χ4v) is 4.63. The van der Waals surface area contributed by atoms with E-state index >= 15 is 4.39 Å². The first-order valence-corrected chi connectivity index (χ1v) is 11.2. The Labute approximate surface area is 198 Å². The zero-order valence-electron chi connectivity index (χ0n) is 19.8. The Kier molecular flexibility index (Phi) is 5.79. The molecule has 0 saturated heterocycles. The van der Waals surface area contributed by atoms with E-state index in [0.717, 1.165) is 36.1 Å². The van der Waals surface area contributed by atoms with Crippen molar-refractivity contribution in [3.8, 4) is 11.8 Å². The van der Waals surface area contributed by atoms with E-state index < -0.39 is 0 Å². The quantitative estimate of drug-likeness (QED) is 0.417. The van der Waals surface area contributed by atoms with Gasteiger partial charge < -0.3 is 18.9 Å². The van der Waals surface area contributed by atoms with Crippen LogP contribution < -0.4 is 9.47 Å². The number of nitrogens with zero attached hydrogens (tertiary/aromatic N) is 4. The molecule has 5 rings (SSSR count). The van der Waals surface area contributed by atoms with Gasteiger partial charge in [0.15, 0.2) is 5.83 Å². The van der Waals surface area contributed by atoms with Gasteiger partial charge in [-0.15, -0.1) is 0 Å². The van der Waals surface area contributed by atoms with Crippen LogP contribution in [-0.4, -0.2) is 47.2 Å². The second-order valence-electron chi connectivity index (χ2n) is 8.61. The summed E-state index contributed by atoms with van der Waals surface area (Å²) in [5.74, 6) is 0.541. The molecule has 0 N–H and O–H groups in total. The Balaban J connectivity index is 1.82. The fraction of sp³-hybridized carbons (Fsp3) is 0.259. The maximum absolute atomic E-state index is 16.4. The number of likely N-dealkylation sites (N-methyl/N-ethyl adjacent to an activating group) is 1.